The van der Waals surface area contributed by atoms with Crippen LogP contribution in [0.25, 0.3) is 0 Å². The molecule has 104 valence electrons. The zero-order valence-corrected chi connectivity index (χ0v) is 11.6. The molecule has 0 aromatic carbocycles. The Bertz CT molecular complexity index is 491. The molecule has 0 saturated carbocycles. The summed E-state index contributed by atoms with van der Waals surface area (Å²) in [7, 11) is 1.81. The summed E-state index contributed by atoms with van der Waals surface area (Å²) in [6, 6.07) is 0. The highest BCUT2D eigenvalue weighted by atomic mass is 16.2. The predicted octanol–water partition coefficient (Wildman–Crippen LogP) is 0.832. The van der Waals surface area contributed by atoms with Crippen molar-refractivity contribution in [1.29, 1.82) is 0 Å². The number of hydrogen-bond donors (Lipinski definition) is 1. The second kappa shape index (κ2) is 5.03. The SMILES string of the molecule is CCC1(CC)NC(=O)CCN(c2cnn(C)c2)C1=O. The van der Waals surface area contributed by atoms with Crippen LogP contribution in [0.4, 0.5) is 5.69 Å². The van der Waals surface area contributed by atoms with E-state index in [9.17, 15) is 9.59 Å². The predicted molar refractivity (Wildman–Crippen MR) is 71.6 cm³/mol. The molecule has 2 amide bonds. The third kappa shape index (κ3) is 2.34. The Morgan fingerprint density at radius 2 is 2.05 bits per heavy atom. The molecule has 1 N–H and O–H groups in total. The molecule has 1 aliphatic heterocycles. The summed E-state index contributed by atoms with van der Waals surface area (Å²) in [5, 5.41) is 6.98. The van der Waals surface area contributed by atoms with Crippen molar-refractivity contribution in [3.05, 3.63) is 12.4 Å². The van der Waals surface area contributed by atoms with Gasteiger partial charge in [0.2, 0.25) is 5.91 Å². The Morgan fingerprint density at radius 3 is 2.58 bits per heavy atom. The normalized spacial score (nSPS) is 19.2. The lowest BCUT2D eigenvalue weighted by Gasteiger charge is -2.33. The van der Waals surface area contributed by atoms with Crippen molar-refractivity contribution in [2.75, 3.05) is 11.4 Å². The minimum atomic E-state index is -0.788. The van der Waals surface area contributed by atoms with Gasteiger partial charge in [0.25, 0.3) is 5.91 Å². The summed E-state index contributed by atoms with van der Waals surface area (Å²) in [5.74, 6) is -0.111. The van der Waals surface area contributed by atoms with E-state index in [1.165, 1.54) is 0 Å². The van der Waals surface area contributed by atoms with Gasteiger partial charge in [0.15, 0.2) is 0 Å². The number of nitrogens with zero attached hydrogens (tertiary/aromatic N) is 3. The van der Waals surface area contributed by atoms with Gasteiger partial charge in [-0.25, -0.2) is 0 Å². The van der Waals surface area contributed by atoms with E-state index in [0.717, 1.165) is 5.69 Å². The van der Waals surface area contributed by atoms with Crippen LogP contribution in [0.2, 0.25) is 0 Å². The fraction of sp³-hybridized carbons (Fsp3) is 0.615. The number of rotatable bonds is 3. The van der Waals surface area contributed by atoms with Crippen molar-refractivity contribution in [1.82, 2.24) is 15.1 Å². The van der Waals surface area contributed by atoms with Gasteiger partial charge in [-0.15, -0.1) is 0 Å². The topological polar surface area (TPSA) is 67.2 Å². The first-order valence-electron chi connectivity index (χ1n) is 6.64. The number of hydrogen-bond acceptors (Lipinski definition) is 3. The molecule has 0 radical (unpaired) electrons. The largest absolute Gasteiger partial charge is 0.342 e. The van der Waals surface area contributed by atoms with E-state index < -0.39 is 5.54 Å². The van der Waals surface area contributed by atoms with Crippen LogP contribution in [0, 0.1) is 0 Å². The maximum Gasteiger partial charge on any atom is 0.252 e. The molecule has 0 unspecified atom stereocenters. The molecule has 0 bridgehead atoms. The van der Waals surface area contributed by atoms with Gasteiger partial charge in [-0.3, -0.25) is 14.3 Å². The van der Waals surface area contributed by atoms with Crippen LogP contribution in [-0.4, -0.2) is 33.7 Å². The Balaban J connectivity index is 2.39. The van der Waals surface area contributed by atoms with Crippen LogP contribution >= 0.6 is 0 Å². The van der Waals surface area contributed by atoms with Crippen LogP contribution in [0.15, 0.2) is 12.4 Å². The monoisotopic (exact) mass is 264 g/mol. The highest BCUT2D eigenvalue weighted by molar-refractivity contribution is 6.04. The van der Waals surface area contributed by atoms with Crippen molar-refractivity contribution in [2.45, 2.75) is 38.6 Å². The van der Waals surface area contributed by atoms with Gasteiger partial charge < -0.3 is 10.2 Å². The number of anilines is 1. The molecule has 1 aliphatic rings. The quantitative estimate of drug-likeness (QED) is 0.879. The maximum absolute atomic E-state index is 12.8. The van der Waals surface area contributed by atoms with Gasteiger partial charge in [0.1, 0.15) is 5.54 Å². The molecule has 6 nitrogen and oxygen atoms in total. The van der Waals surface area contributed by atoms with Crippen LogP contribution in [0.1, 0.15) is 33.1 Å². The average Bonchev–Trinajstić information content (AvgIpc) is 2.77. The number of aryl methyl sites for hydroxylation is 1. The van der Waals surface area contributed by atoms with Crippen LogP contribution in [0.3, 0.4) is 0 Å². The van der Waals surface area contributed by atoms with Gasteiger partial charge in [0.05, 0.1) is 11.9 Å². The van der Waals surface area contributed by atoms with E-state index in [1.807, 2.05) is 20.9 Å². The Kier molecular flexibility index (Phi) is 3.59. The molecule has 1 aromatic rings. The first kappa shape index (κ1) is 13.6. The maximum atomic E-state index is 12.8. The molecular formula is C13H20N4O2. The van der Waals surface area contributed by atoms with Crippen LogP contribution in [-0.2, 0) is 16.6 Å². The fourth-order valence-corrected chi connectivity index (χ4v) is 2.48. The zero-order valence-electron chi connectivity index (χ0n) is 11.6. The van der Waals surface area contributed by atoms with E-state index in [2.05, 4.69) is 10.4 Å². The van der Waals surface area contributed by atoms with Crippen LogP contribution < -0.4 is 10.2 Å². The fourth-order valence-electron chi connectivity index (χ4n) is 2.48. The molecule has 2 rings (SSSR count). The first-order valence-corrected chi connectivity index (χ1v) is 6.64. The highest BCUT2D eigenvalue weighted by Gasteiger charge is 2.42. The summed E-state index contributed by atoms with van der Waals surface area (Å²) in [6.07, 6.45) is 4.95. The van der Waals surface area contributed by atoms with E-state index >= 15 is 0 Å². The summed E-state index contributed by atoms with van der Waals surface area (Å²) in [6.45, 7) is 4.25. The van der Waals surface area contributed by atoms with Crippen molar-refractivity contribution in [3.63, 3.8) is 0 Å². The molecule has 2 heterocycles. The van der Waals surface area contributed by atoms with Crippen molar-refractivity contribution >= 4 is 17.5 Å². The minimum Gasteiger partial charge on any atom is -0.342 e. The van der Waals surface area contributed by atoms with Gasteiger partial charge in [-0.1, -0.05) is 13.8 Å². The summed E-state index contributed by atoms with van der Waals surface area (Å²) in [4.78, 5) is 26.3. The number of nitrogens with one attached hydrogen (secondary N) is 1. The van der Waals surface area contributed by atoms with Gasteiger partial charge >= 0.3 is 0 Å². The summed E-state index contributed by atoms with van der Waals surface area (Å²) in [5.41, 5.74) is -0.0426. The molecule has 1 fully saturated rings. The summed E-state index contributed by atoms with van der Waals surface area (Å²) < 4.78 is 1.66. The minimum absolute atomic E-state index is 0.0450. The second-order valence-electron chi connectivity index (χ2n) is 4.92. The Hall–Kier alpha value is -1.85. The highest BCUT2D eigenvalue weighted by Crippen LogP contribution is 2.25. The average molecular weight is 264 g/mol. The smallest absolute Gasteiger partial charge is 0.252 e. The zero-order chi connectivity index (χ0) is 14.0. The van der Waals surface area contributed by atoms with Gasteiger partial charge in [-0.05, 0) is 12.8 Å². The summed E-state index contributed by atoms with van der Waals surface area (Å²) >= 11 is 0. The first-order chi connectivity index (χ1) is 9.02. The van der Waals surface area contributed by atoms with Gasteiger partial charge in [0, 0.05) is 26.2 Å². The molecule has 0 aliphatic carbocycles. The molecule has 6 heteroatoms. The Labute approximate surface area is 112 Å². The van der Waals surface area contributed by atoms with Crippen molar-refractivity contribution < 1.29 is 9.59 Å². The molecule has 1 saturated heterocycles. The van der Waals surface area contributed by atoms with Crippen molar-refractivity contribution in [3.8, 4) is 0 Å². The van der Waals surface area contributed by atoms with E-state index in [0.29, 0.717) is 25.8 Å². The lowest BCUT2D eigenvalue weighted by Crippen LogP contribution is -2.56. The van der Waals surface area contributed by atoms with Gasteiger partial charge in [-0.2, -0.15) is 5.10 Å². The second-order valence-corrected chi connectivity index (χ2v) is 4.92. The van der Waals surface area contributed by atoms with Crippen molar-refractivity contribution in [2.24, 2.45) is 7.05 Å². The molecule has 0 spiro atoms. The molecular weight excluding hydrogens is 244 g/mol. The number of carbonyl (C=O) groups is 2. The number of carbonyl (C=O) groups excluding carboxylic acids is 2. The number of amides is 2. The van der Waals surface area contributed by atoms with E-state index in [-0.39, 0.29) is 11.8 Å². The van der Waals surface area contributed by atoms with E-state index in [1.54, 1.807) is 22.0 Å². The molecule has 1 aromatic heterocycles. The van der Waals surface area contributed by atoms with E-state index in [4.69, 9.17) is 0 Å². The third-order valence-corrected chi connectivity index (χ3v) is 3.81. The molecule has 19 heavy (non-hydrogen) atoms. The van der Waals surface area contributed by atoms with Crippen LogP contribution in [0.5, 0.6) is 0 Å². The standard InChI is InChI=1S/C13H20N4O2/c1-4-13(5-2)12(19)17(7-6-11(18)15-13)10-8-14-16(3)9-10/h8-9H,4-7H2,1-3H3,(H,15,18). The Morgan fingerprint density at radius 1 is 1.37 bits per heavy atom. The molecule has 0 atom stereocenters. The number of aromatic nitrogens is 2. The third-order valence-electron chi connectivity index (χ3n) is 3.81. The lowest BCUT2D eigenvalue weighted by molar-refractivity contribution is -0.130. The lowest BCUT2D eigenvalue weighted by atomic mass is 9.91.